The quantitative estimate of drug-likeness (QED) is 0.412. The third-order valence-electron chi connectivity index (χ3n) is 3.46. The van der Waals surface area contributed by atoms with Crippen LogP contribution in [-0.2, 0) is 6.54 Å². The van der Waals surface area contributed by atoms with Crippen LogP contribution in [-0.4, -0.2) is 15.0 Å². The number of nitriles is 1. The molecule has 0 aliphatic heterocycles. The Morgan fingerprint density at radius 1 is 0.880 bits per heavy atom. The van der Waals surface area contributed by atoms with E-state index < -0.39 is 46.0 Å². The van der Waals surface area contributed by atoms with Gasteiger partial charge in [-0.25, -0.2) is 26.6 Å². The summed E-state index contributed by atoms with van der Waals surface area (Å²) < 4.78 is 68.8. The van der Waals surface area contributed by atoms with Crippen LogP contribution in [0.1, 0.15) is 11.3 Å². The van der Waals surface area contributed by atoms with Crippen LogP contribution in [0.25, 0.3) is 11.3 Å². The van der Waals surface area contributed by atoms with Crippen LogP contribution >= 0.6 is 0 Å². The maximum atomic E-state index is 13.9. The third kappa shape index (κ3) is 2.71. The molecule has 0 fully saturated rings. The molecule has 0 aliphatic carbocycles. The highest BCUT2D eigenvalue weighted by atomic mass is 19.2. The average molecular weight is 350 g/mol. The van der Waals surface area contributed by atoms with Crippen molar-refractivity contribution in [3.05, 3.63) is 70.7 Å². The molecule has 3 rings (SSSR count). The summed E-state index contributed by atoms with van der Waals surface area (Å²) in [5.74, 6) is -10.7. The Morgan fingerprint density at radius 3 is 2.00 bits per heavy atom. The smallest absolute Gasteiger partial charge is 0.200 e. The number of hydrogen-bond donors (Lipinski definition) is 0. The second-order valence-electron chi connectivity index (χ2n) is 4.99. The SMILES string of the molecule is N#Cc1c(-c2c(F)c(F)c(F)c(F)c2F)nnn1Cc1ccccc1. The molecule has 0 unspecified atom stereocenters. The second kappa shape index (κ2) is 6.32. The summed E-state index contributed by atoms with van der Waals surface area (Å²) in [5.41, 5.74) is -1.72. The molecule has 3 aromatic rings. The van der Waals surface area contributed by atoms with E-state index in [4.69, 9.17) is 0 Å². The zero-order chi connectivity index (χ0) is 18.1. The molecule has 25 heavy (non-hydrogen) atoms. The molecular weight excluding hydrogens is 343 g/mol. The van der Waals surface area contributed by atoms with Crippen LogP contribution in [0.5, 0.6) is 0 Å². The van der Waals surface area contributed by atoms with Crippen LogP contribution in [0.4, 0.5) is 22.0 Å². The van der Waals surface area contributed by atoms with E-state index >= 15 is 0 Å². The van der Waals surface area contributed by atoms with Crippen molar-refractivity contribution in [2.75, 3.05) is 0 Å². The summed E-state index contributed by atoms with van der Waals surface area (Å²) in [6.07, 6.45) is 0. The standard InChI is InChI=1S/C16H7F5N4/c17-11-10(12(18)14(20)15(21)13(11)19)16-9(6-22)25(24-23-16)7-8-4-2-1-3-5-8/h1-5H,7H2. The molecule has 126 valence electrons. The molecule has 0 spiro atoms. The minimum absolute atomic E-state index is 0.0339. The van der Waals surface area contributed by atoms with Gasteiger partial charge in [0.15, 0.2) is 29.0 Å². The van der Waals surface area contributed by atoms with Crippen molar-refractivity contribution in [3.8, 4) is 17.3 Å². The molecule has 0 atom stereocenters. The van der Waals surface area contributed by atoms with Crippen molar-refractivity contribution in [2.45, 2.75) is 6.54 Å². The van der Waals surface area contributed by atoms with Crippen LogP contribution in [0.2, 0.25) is 0 Å². The minimum Gasteiger partial charge on any atom is -0.230 e. The Labute approximate surface area is 137 Å². The molecule has 0 bridgehead atoms. The highest BCUT2D eigenvalue weighted by Gasteiger charge is 2.30. The summed E-state index contributed by atoms with van der Waals surface area (Å²) in [6.45, 7) is 0.0339. The van der Waals surface area contributed by atoms with Crippen molar-refractivity contribution in [3.63, 3.8) is 0 Å². The van der Waals surface area contributed by atoms with Crippen molar-refractivity contribution in [2.24, 2.45) is 0 Å². The molecule has 4 nitrogen and oxygen atoms in total. The molecule has 0 N–H and O–H groups in total. The van der Waals surface area contributed by atoms with Gasteiger partial charge in [0.2, 0.25) is 5.82 Å². The lowest BCUT2D eigenvalue weighted by atomic mass is 10.1. The van der Waals surface area contributed by atoms with E-state index in [0.717, 1.165) is 4.68 Å². The maximum Gasteiger partial charge on any atom is 0.200 e. The first-order valence-electron chi connectivity index (χ1n) is 6.85. The second-order valence-corrected chi connectivity index (χ2v) is 4.99. The summed E-state index contributed by atoms with van der Waals surface area (Å²) in [4.78, 5) is 0. The first-order valence-corrected chi connectivity index (χ1v) is 6.85. The van der Waals surface area contributed by atoms with E-state index in [-0.39, 0.29) is 6.54 Å². The fourth-order valence-electron chi connectivity index (χ4n) is 2.27. The van der Waals surface area contributed by atoms with Gasteiger partial charge in [0.05, 0.1) is 12.1 Å². The molecule has 2 aromatic carbocycles. The summed E-state index contributed by atoms with van der Waals surface area (Å²) >= 11 is 0. The number of hydrogen-bond acceptors (Lipinski definition) is 3. The molecule has 0 saturated heterocycles. The first kappa shape index (κ1) is 16.6. The van der Waals surface area contributed by atoms with E-state index in [1.165, 1.54) is 0 Å². The number of benzene rings is 2. The molecule has 0 aliphatic rings. The van der Waals surface area contributed by atoms with Gasteiger partial charge in [-0.3, -0.25) is 0 Å². The van der Waals surface area contributed by atoms with Gasteiger partial charge >= 0.3 is 0 Å². The van der Waals surface area contributed by atoms with Crippen molar-refractivity contribution in [1.82, 2.24) is 15.0 Å². The largest absolute Gasteiger partial charge is 0.230 e. The summed E-state index contributed by atoms with van der Waals surface area (Å²) in [7, 11) is 0. The van der Waals surface area contributed by atoms with Crippen LogP contribution in [0, 0.1) is 40.4 Å². The van der Waals surface area contributed by atoms with Gasteiger partial charge in [0.25, 0.3) is 0 Å². The summed E-state index contributed by atoms with van der Waals surface area (Å²) in [6, 6.07) is 10.3. The van der Waals surface area contributed by atoms with Crippen molar-refractivity contribution < 1.29 is 22.0 Å². The molecular formula is C16H7F5N4. The van der Waals surface area contributed by atoms with Crippen LogP contribution in [0.3, 0.4) is 0 Å². The molecule has 0 amide bonds. The molecule has 1 heterocycles. The number of rotatable bonds is 3. The van der Waals surface area contributed by atoms with E-state index in [1.54, 1.807) is 36.4 Å². The molecule has 0 saturated carbocycles. The van der Waals surface area contributed by atoms with E-state index in [0.29, 0.717) is 5.56 Å². The fraction of sp³-hybridized carbons (Fsp3) is 0.0625. The highest BCUT2D eigenvalue weighted by Crippen LogP contribution is 2.32. The number of aromatic nitrogens is 3. The number of nitrogens with zero attached hydrogens (tertiary/aromatic N) is 4. The maximum absolute atomic E-state index is 13.9. The molecule has 1 aromatic heterocycles. The Bertz CT molecular complexity index is 963. The topological polar surface area (TPSA) is 54.5 Å². The Hall–Kier alpha value is -3.28. The van der Waals surface area contributed by atoms with Gasteiger partial charge in [-0.1, -0.05) is 35.5 Å². The lowest BCUT2D eigenvalue weighted by Gasteiger charge is -2.06. The number of halogens is 5. The van der Waals surface area contributed by atoms with Crippen LogP contribution < -0.4 is 0 Å². The van der Waals surface area contributed by atoms with Crippen molar-refractivity contribution >= 4 is 0 Å². The Balaban J connectivity index is 2.16. The van der Waals surface area contributed by atoms with Gasteiger partial charge in [0.1, 0.15) is 11.8 Å². The zero-order valence-electron chi connectivity index (χ0n) is 12.3. The highest BCUT2D eigenvalue weighted by molar-refractivity contribution is 5.66. The van der Waals surface area contributed by atoms with Gasteiger partial charge in [-0.2, -0.15) is 5.26 Å². The van der Waals surface area contributed by atoms with E-state index in [2.05, 4.69) is 10.3 Å². The van der Waals surface area contributed by atoms with Gasteiger partial charge in [0, 0.05) is 0 Å². The normalized spacial score (nSPS) is 10.7. The van der Waals surface area contributed by atoms with Gasteiger partial charge in [-0.15, -0.1) is 5.10 Å². The lowest BCUT2D eigenvalue weighted by Crippen LogP contribution is -2.07. The minimum atomic E-state index is -2.28. The van der Waals surface area contributed by atoms with Crippen LogP contribution in [0.15, 0.2) is 30.3 Å². The third-order valence-corrected chi connectivity index (χ3v) is 3.46. The summed E-state index contributed by atoms with van der Waals surface area (Å²) in [5, 5.41) is 16.3. The van der Waals surface area contributed by atoms with E-state index in [9.17, 15) is 27.2 Å². The van der Waals surface area contributed by atoms with Gasteiger partial charge < -0.3 is 0 Å². The van der Waals surface area contributed by atoms with Gasteiger partial charge in [-0.05, 0) is 5.56 Å². The van der Waals surface area contributed by atoms with Crippen molar-refractivity contribution in [1.29, 1.82) is 5.26 Å². The Kier molecular flexibility index (Phi) is 4.19. The monoisotopic (exact) mass is 350 g/mol. The average Bonchev–Trinajstić information content (AvgIpc) is 3.01. The lowest BCUT2D eigenvalue weighted by molar-refractivity contribution is 0.381. The molecule has 9 heteroatoms. The molecule has 0 radical (unpaired) electrons. The zero-order valence-corrected chi connectivity index (χ0v) is 12.3. The predicted octanol–water partition coefficient (Wildman–Crippen LogP) is 3.56. The fourth-order valence-corrected chi connectivity index (χ4v) is 2.27. The first-order chi connectivity index (χ1) is 12.0. The van der Waals surface area contributed by atoms with E-state index in [1.807, 2.05) is 0 Å². The Morgan fingerprint density at radius 2 is 1.44 bits per heavy atom. The predicted molar refractivity (Wildman–Crippen MR) is 75.5 cm³/mol.